The van der Waals surface area contributed by atoms with Crippen molar-refractivity contribution in [3.8, 4) is 11.8 Å². The van der Waals surface area contributed by atoms with Crippen LogP contribution in [0.5, 0.6) is 5.75 Å². The molecular formula is C14H13FN2O2. The first-order valence-electron chi connectivity index (χ1n) is 5.88. The molecule has 2 rings (SSSR count). The third kappa shape index (κ3) is 3.26. The van der Waals surface area contributed by atoms with Crippen LogP contribution in [-0.4, -0.2) is 6.61 Å². The summed E-state index contributed by atoms with van der Waals surface area (Å²) in [5.74, 6) is 0.998. The summed E-state index contributed by atoms with van der Waals surface area (Å²) in [6.07, 6.45) is 0. The van der Waals surface area contributed by atoms with Crippen LogP contribution in [0.3, 0.4) is 0 Å². The molecule has 0 aliphatic heterocycles. The maximum absolute atomic E-state index is 13.1. The standard InChI is InChI=1S/C14H13FN2O2/c1-2-18-14-7-10(15)3-6-13(14)17-9-12-5-4-11(8-16)19-12/h3-7,17H,2,9H2,1H3. The van der Waals surface area contributed by atoms with E-state index in [2.05, 4.69) is 5.32 Å². The van der Waals surface area contributed by atoms with Crippen molar-refractivity contribution in [3.05, 3.63) is 47.7 Å². The summed E-state index contributed by atoms with van der Waals surface area (Å²) >= 11 is 0. The number of anilines is 1. The van der Waals surface area contributed by atoms with Crippen molar-refractivity contribution in [2.24, 2.45) is 0 Å². The molecule has 0 bridgehead atoms. The van der Waals surface area contributed by atoms with Gasteiger partial charge in [-0.05, 0) is 31.2 Å². The lowest BCUT2D eigenvalue weighted by molar-refractivity contribution is 0.339. The first kappa shape index (κ1) is 13.0. The molecule has 0 radical (unpaired) electrons. The van der Waals surface area contributed by atoms with Crippen molar-refractivity contribution >= 4 is 5.69 Å². The van der Waals surface area contributed by atoms with Gasteiger partial charge < -0.3 is 14.5 Å². The lowest BCUT2D eigenvalue weighted by atomic mass is 10.2. The summed E-state index contributed by atoms with van der Waals surface area (Å²) < 4.78 is 23.7. The van der Waals surface area contributed by atoms with Crippen molar-refractivity contribution in [3.63, 3.8) is 0 Å². The summed E-state index contributed by atoms with van der Waals surface area (Å²) in [7, 11) is 0. The van der Waals surface area contributed by atoms with Crippen LogP contribution >= 0.6 is 0 Å². The van der Waals surface area contributed by atoms with Gasteiger partial charge >= 0.3 is 0 Å². The lowest BCUT2D eigenvalue weighted by Crippen LogP contribution is -2.02. The molecule has 0 aliphatic carbocycles. The average Bonchev–Trinajstić information content (AvgIpc) is 2.86. The van der Waals surface area contributed by atoms with Gasteiger partial charge in [0.25, 0.3) is 0 Å². The van der Waals surface area contributed by atoms with Gasteiger partial charge in [0.15, 0.2) is 0 Å². The molecule has 0 fully saturated rings. The van der Waals surface area contributed by atoms with E-state index in [9.17, 15) is 4.39 Å². The monoisotopic (exact) mass is 260 g/mol. The maximum Gasteiger partial charge on any atom is 0.203 e. The minimum atomic E-state index is -0.348. The average molecular weight is 260 g/mol. The minimum absolute atomic E-state index is 0.265. The first-order chi connectivity index (χ1) is 9.22. The van der Waals surface area contributed by atoms with Crippen molar-refractivity contribution in [2.45, 2.75) is 13.5 Å². The predicted molar refractivity (Wildman–Crippen MR) is 68.3 cm³/mol. The zero-order chi connectivity index (χ0) is 13.7. The van der Waals surface area contributed by atoms with Gasteiger partial charge in [0.05, 0.1) is 18.8 Å². The summed E-state index contributed by atoms with van der Waals surface area (Å²) in [6, 6.07) is 9.52. The van der Waals surface area contributed by atoms with Gasteiger partial charge in [-0.15, -0.1) is 0 Å². The number of benzene rings is 1. The second kappa shape index (κ2) is 5.91. The van der Waals surface area contributed by atoms with E-state index in [1.807, 2.05) is 13.0 Å². The van der Waals surface area contributed by atoms with E-state index in [0.717, 1.165) is 0 Å². The molecule has 1 aromatic carbocycles. The van der Waals surface area contributed by atoms with Crippen LogP contribution in [-0.2, 0) is 6.54 Å². The molecule has 4 nitrogen and oxygen atoms in total. The number of hydrogen-bond acceptors (Lipinski definition) is 4. The largest absolute Gasteiger partial charge is 0.492 e. The van der Waals surface area contributed by atoms with Crippen LogP contribution in [0.25, 0.3) is 0 Å². The molecule has 98 valence electrons. The Hall–Kier alpha value is -2.48. The number of furan rings is 1. The van der Waals surface area contributed by atoms with Gasteiger partial charge in [-0.3, -0.25) is 0 Å². The van der Waals surface area contributed by atoms with Gasteiger partial charge in [-0.25, -0.2) is 4.39 Å². The number of nitrogens with one attached hydrogen (secondary N) is 1. The number of hydrogen-bond donors (Lipinski definition) is 1. The highest BCUT2D eigenvalue weighted by molar-refractivity contribution is 5.56. The quantitative estimate of drug-likeness (QED) is 0.896. The number of ether oxygens (including phenoxy) is 1. The van der Waals surface area contributed by atoms with E-state index in [1.54, 1.807) is 18.2 Å². The predicted octanol–water partition coefficient (Wildman–Crippen LogP) is 3.30. The van der Waals surface area contributed by atoms with Crippen molar-refractivity contribution in [1.82, 2.24) is 0 Å². The normalized spacial score (nSPS) is 9.95. The molecule has 1 aromatic heterocycles. The number of rotatable bonds is 5. The molecule has 0 unspecified atom stereocenters. The third-order valence-corrected chi connectivity index (χ3v) is 2.47. The summed E-state index contributed by atoms with van der Waals surface area (Å²) in [5.41, 5.74) is 0.679. The lowest BCUT2D eigenvalue weighted by Gasteiger charge is -2.11. The highest BCUT2D eigenvalue weighted by Crippen LogP contribution is 2.26. The number of halogens is 1. The Bertz CT molecular complexity index is 602. The fraction of sp³-hybridized carbons (Fsp3) is 0.214. The van der Waals surface area contributed by atoms with Gasteiger partial charge in [0.1, 0.15) is 23.4 Å². The van der Waals surface area contributed by atoms with Gasteiger partial charge in [0, 0.05) is 6.07 Å². The fourth-order valence-electron chi connectivity index (χ4n) is 1.63. The molecule has 2 aromatic rings. The molecular weight excluding hydrogens is 247 g/mol. The molecule has 1 N–H and O–H groups in total. The molecule has 0 atom stereocenters. The van der Waals surface area contributed by atoms with E-state index in [-0.39, 0.29) is 11.6 Å². The highest BCUT2D eigenvalue weighted by atomic mass is 19.1. The molecule has 5 heteroatoms. The van der Waals surface area contributed by atoms with Gasteiger partial charge in [0.2, 0.25) is 5.76 Å². The second-order valence-corrected chi connectivity index (χ2v) is 3.80. The molecule has 0 saturated carbocycles. The Morgan fingerprint density at radius 2 is 2.21 bits per heavy atom. The molecule has 0 saturated heterocycles. The zero-order valence-electron chi connectivity index (χ0n) is 10.4. The molecule has 0 aliphatic rings. The second-order valence-electron chi connectivity index (χ2n) is 3.80. The van der Waals surface area contributed by atoms with E-state index < -0.39 is 0 Å². The van der Waals surface area contributed by atoms with Crippen LogP contribution < -0.4 is 10.1 Å². The topological polar surface area (TPSA) is 58.2 Å². The fourth-order valence-corrected chi connectivity index (χ4v) is 1.63. The van der Waals surface area contributed by atoms with Gasteiger partial charge in [-0.2, -0.15) is 5.26 Å². The highest BCUT2D eigenvalue weighted by Gasteiger charge is 2.06. The SMILES string of the molecule is CCOc1cc(F)ccc1NCc1ccc(C#N)o1. The Labute approximate surface area is 110 Å². The first-order valence-corrected chi connectivity index (χ1v) is 5.88. The van der Waals surface area contributed by atoms with Crippen molar-refractivity contribution < 1.29 is 13.5 Å². The van der Waals surface area contributed by atoms with Crippen LogP contribution in [0, 0.1) is 17.1 Å². The van der Waals surface area contributed by atoms with Crippen molar-refractivity contribution in [2.75, 3.05) is 11.9 Å². The van der Waals surface area contributed by atoms with E-state index >= 15 is 0 Å². The maximum atomic E-state index is 13.1. The Balaban J connectivity index is 2.08. The van der Waals surface area contributed by atoms with Crippen molar-refractivity contribution in [1.29, 1.82) is 5.26 Å². The third-order valence-electron chi connectivity index (χ3n) is 2.47. The van der Waals surface area contributed by atoms with Gasteiger partial charge in [-0.1, -0.05) is 0 Å². The molecule has 19 heavy (non-hydrogen) atoms. The van der Waals surface area contributed by atoms with Crippen LogP contribution in [0.2, 0.25) is 0 Å². The Morgan fingerprint density at radius 3 is 2.89 bits per heavy atom. The summed E-state index contributed by atoms with van der Waals surface area (Å²) in [6.45, 7) is 2.69. The van der Waals surface area contributed by atoms with Crippen LogP contribution in [0.1, 0.15) is 18.4 Å². The van der Waals surface area contributed by atoms with E-state index in [0.29, 0.717) is 30.3 Å². The van der Waals surface area contributed by atoms with E-state index in [1.165, 1.54) is 12.1 Å². The molecule has 0 amide bonds. The number of nitriles is 1. The van der Waals surface area contributed by atoms with Crippen LogP contribution in [0.4, 0.5) is 10.1 Å². The number of nitrogens with zero attached hydrogens (tertiary/aromatic N) is 1. The van der Waals surface area contributed by atoms with E-state index in [4.69, 9.17) is 14.4 Å². The Kier molecular flexibility index (Phi) is 4.04. The summed E-state index contributed by atoms with van der Waals surface area (Å²) in [4.78, 5) is 0. The molecule has 0 spiro atoms. The zero-order valence-corrected chi connectivity index (χ0v) is 10.4. The van der Waals surface area contributed by atoms with Crippen LogP contribution in [0.15, 0.2) is 34.7 Å². The smallest absolute Gasteiger partial charge is 0.203 e. The Morgan fingerprint density at radius 1 is 1.37 bits per heavy atom. The molecule has 1 heterocycles. The summed E-state index contributed by atoms with van der Waals surface area (Å²) in [5, 5.41) is 11.7. The minimum Gasteiger partial charge on any atom is -0.492 e.